The molecule has 6 heteroatoms. The van der Waals surface area contributed by atoms with E-state index in [9.17, 15) is 4.79 Å². The van der Waals surface area contributed by atoms with E-state index in [-0.39, 0.29) is 6.03 Å². The maximum Gasteiger partial charge on any atom is 0.316 e. The molecular weight excluding hydrogens is 242 g/mol. The van der Waals surface area contributed by atoms with Crippen molar-refractivity contribution in [2.75, 3.05) is 27.2 Å². The van der Waals surface area contributed by atoms with Crippen LogP contribution in [0, 0.1) is 0 Å². The van der Waals surface area contributed by atoms with Crippen molar-refractivity contribution in [1.82, 2.24) is 24.9 Å². The van der Waals surface area contributed by atoms with Crippen LogP contribution in [0.3, 0.4) is 0 Å². The summed E-state index contributed by atoms with van der Waals surface area (Å²) in [6, 6.07) is 5.84. The molecule has 0 atom stereocenters. The SMILES string of the molecule is CN(C)C(=O)NCCNCc1cn2ccccc2n1. The number of pyridine rings is 1. The summed E-state index contributed by atoms with van der Waals surface area (Å²) in [5.41, 5.74) is 1.94. The quantitative estimate of drug-likeness (QED) is 0.779. The molecule has 2 aromatic rings. The highest BCUT2D eigenvalue weighted by molar-refractivity contribution is 5.73. The van der Waals surface area contributed by atoms with Crippen molar-refractivity contribution in [2.45, 2.75) is 6.54 Å². The molecule has 6 nitrogen and oxygen atoms in total. The molecule has 0 fully saturated rings. The second kappa shape index (κ2) is 6.19. The summed E-state index contributed by atoms with van der Waals surface area (Å²) in [4.78, 5) is 17.3. The van der Waals surface area contributed by atoms with Crippen molar-refractivity contribution in [1.29, 1.82) is 0 Å². The lowest BCUT2D eigenvalue weighted by Gasteiger charge is -2.11. The Kier molecular flexibility index (Phi) is 4.35. The van der Waals surface area contributed by atoms with Crippen LogP contribution in [0.2, 0.25) is 0 Å². The molecule has 0 bridgehead atoms. The highest BCUT2D eigenvalue weighted by atomic mass is 16.2. The van der Waals surface area contributed by atoms with Crippen LogP contribution in [-0.4, -0.2) is 47.5 Å². The number of carbonyl (C=O) groups is 1. The van der Waals surface area contributed by atoms with Gasteiger partial charge in [0, 0.05) is 46.1 Å². The fourth-order valence-corrected chi connectivity index (χ4v) is 1.70. The molecule has 2 aromatic heterocycles. The van der Waals surface area contributed by atoms with Crippen LogP contribution in [0.25, 0.3) is 5.65 Å². The first-order chi connectivity index (χ1) is 9.16. The molecule has 0 saturated heterocycles. The van der Waals surface area contributed by atoms with Gasteiger partial charge in [0.2, 0.25) is 0 Å². The third-order valence-corrected chi connectivity index (χ3v) is 2.70. The lowest BCUT2D eigenvalue weighted by Crippen LogP contribution is -2.38. The van der Waals surface area contributed by atoms with Gasteiger partial charge < -0.3 is 19.9 Å². The number of urea groups is 1. The first kappa shape index (κ1) is 13.4. The van der Waals surface area contributed by atoms with Gasteiger partial charge in [0.1, 0.15) is 5.65 Å². The van der Waals surface area contributed by atoms with E-state index in [1.807, 2.05) is 35.0 Å². The molecule has 0 aromatic carbocycles. The fraction of sp³-hybridized carbons (Fsp3) is 0.385. The van der Waals surface area contributed by atoms with E-state index in [4.69, 9.17) is 0 Å². The van der Waals surface area contributed by atoms with Gasteiger partial charge in [-0.2, -0.15) is 0 Å². The molecule has 0 unspecified atom stereocenters. The number of carbonyl (C=O) groups excluding carboxylic acids is 1. The van der Waals surface area contributed by atoms with E-state index in [2.05, 4.69) is 15.6 Å². The van der Waals surface area contributed by atoms with Gasteiger partial charge in [0.15, 0.2) is 0 Å². The van der Waals surface area contributed by atoms with Crippen molar-refractivity contribution in [3.63, 3.8) is 0 Å². The number of nitrogens with zero attached hydrogens (tertiary/aromatic N) is 3. The van der Waals surface area contributed by atoms with Crippen LogP contribution >= 0.6 is 0 Å². The zero-order valence-electron chi connectivity index (χ0n) is 11.3. The van der Waals surface area contributed by atoms with Crippen LogP contribution < -0.4 is 10.6 Å². The molecule has 0 aliphatic rings. The van der Waals surface area contributed by atoms with Gasteiger partial charge in [-0.1, -0.05) is 6.07 Å². The van der Waals surface area contributed by atoms with E-state index >= 15 is 0 Å². The Bertz CT molecular complexity index is 516. The number of nitrogens with one attached hydrogen (secondary N) is 2. The highest BCUT2D eigenvalue weighted by Crippen LogP contribution is 2.03. The minimum atomic E-state index is -0.0745. The zero-order valence-corrected chi connectivity index (χ0v) is 11.3. The third-order valence-electron chi connectivity index (χ3n) is 2.70. The Hall–Kier alpha value is -2.08. The molecule has 0 saturated carbocycles. The van der Waals surface area contributed by atoms with Gasteiger partial charge in [-0.15, -0.1) is 0 Å². The highest BCUT2D eigenvalue weighted by Gasteiger charge is 2.02. The standard InChI is InChI=1S/C13H19N5O/c1-17(2)13(19)15-7-6-14-9-11-10-18-8-4-3-5-12(18)16-11/h3-5,8,10,14H,6-7,9H2,1-2H3,(H,15,19). The average Bonchev–Trinajstić information content (AvgIpc) is 2.80. The fourth-order valence-electron chi connectivity index (χ4n) is 1.70. The van der Waals surface area contributed by atoms with E-state index in [0.29, 0.717) is 19.6 Å². The summed E-state index contributed by atoms with van der Waals surface area (Å²) in [5, 5.41) is 6.04. The minimum Gasteiger partial charge on any atom is -0.337 e. The molecule has 2 amide bonds. The number of aromatic nitrogens is 2. The molecule has 0 spiro atoms. The van der Waals surface area contributed by atoms with Gasteiger partial charge in [0.25, 0.3) is 0 Å². The largest absolute Gasteiger partial charge is 0.337 e. The summed E-state index contributed by atoms with van der Waals surface area (Å²) < 4.78 is 1.99. The van der Waals surface area contributed by atoms with Crippen molar-refractivity contribution < 1.29 is 4.79 Å². The topological polar surface area (TPSA) is 61.7 Å². The van der Waals surface area contributed by atoms with Gasteiger partial charge in [0.05, 0.1) is 5.69 Å². The number of amides is 2. The number of rotatable bonds is 5. The van der Waals surface area contributed by atoms with Crippen LogP contribution in [0.4, 0.5) is 4.79 Å². The van der Waals surface area contributed by atoms with Crippen LogP contribution in [-0.2, 0) is 6.54 Å². The molecule has 0 aliphatic carbocycles. The monoisotopic (exact) mass is 261 g/mol. The predicted octanol–water partition coefficient (Wildman–Crippen LogP) is 0.695. The van der Waals surface area contributed by atoms with Crippen LogP contribution in [0.5, 0.6) is 0 Å². The molecule has 2 rings (SSSR count). The maximum absolute atomic E-state index is 11.3. The molecular formula is C13H19N5O. The van der Waals surface area contributed by atoms with Crippen LogP contribution in [0.15, 0.2) is 30.6 Å². The van der Waals surface area contributed by atoms with E-state index in [1.54, 1.807) is 14.1 Å². The van der Waals surface area contributed by atoms with Gasteiger partial charge in [-0.25, -0.2) is 9.78 Å². The van der Waals surface area contributed by atoms with Crippen molar-refractivity contribution >= 4 is 11.7 Å². The summed E-state index contributed by atoms with van der Waals surface area (Å²) in [5.74, 6) is 0. The first-order valence-electron chi connectivity index (χ1n) is 6.25. The number of hydrogen-bond donors (Lipinski definition) is 2. The summed E-state index contributed by atoms with van der Waals surface area (Å²) in [6.07, 6.45) is 3.98. The molecule has 0 radical (unpaired) electrons. The van der Waals surface area contributed by atoms with Gasteiger partial charge in [-0.05, 0) is 12.1 Å². The minimum absolute atomic E-state index is 0.0745. The van der Waals surface area contributed by atoms with Gasteiger partial charge >= 0.3 is 6.03 Å². The second-order valence-electron chi connectivity index (χ2n) is 4.50. The second-order valence-corrected chi connectivity index (χ2v) is 4.50. The van der Waals surface area contributed by atoms with E-state index in [0.717, 1.165) is 11.3 Å². The molecule has 19 heavy (non-hydrogen) atoms. The number of hydrogen-bond acceptors (Lipinski definition) is 3. The number of fused-ring (bicyclic) bond motifs is 1. The van der Waals surface area contributed by atoms with Gasteiger partial charge in [-0.3, -0.25) is 0 Å². The Labute approximate surface area is 112 Å². The lowest BCUT2D eigenvalue weighted by molar-refractivity contribution is 0.217. The first-order valence-corrected chi connectivity index (χ1v) is 6.25. The predicted molar refractivity (Wildman–Crippen MR) is 74.0 cm³/mol. The smallest absolute Gasteiger partial charge is 0.316 e. The Balaban J connectivity index is 1.72. The summed E-state index contributed by atoms with van der Waals surface area (Å²) in [6.45, 7) is 2.01. The lowest BCUT2D eigenvalue weighted by atomic mass is 10.4. The molecule has 2 N–H and O–H groups in total. The Morgan fingerprint density at radius 1 is 1.37 bits per heavy atom. The van der Waals surface area contributed by atoms with Crippen molar-refractivity contribution in [3.8, 4) is 0 Å². The Morgan fingerprint density at radius 2 is 2.21 bits per heavy atom. The van der Waals surface area contributed by atoms with Crippen molar-refractivity contribution in [3.05, 3.63) is 36.3 Å². The van der Waals surface area contributed by atoms with E-state index < -0.39 is 0 Å². The maximum atomic E-state index is 11.3. The molecule has 2 heterocycles. The molecule has 0 aliphatic heterocycles. The van der Waals surface area contributed by atoms with E-state index in [1.165, 1.54) is 4.90 Å². The number of imidazole rings is 1. The third kappa shape index (κ3) is 3.69. The van der Waals surface area contributed by atoms with Crippen molar-refractivity contribution in [2.24, 2.45) is 0 Å². The van der Waals surface area contributed by atoms with Crippen LogP contribution in [0.1, 0.15) is 5.69 Å². The molecule has 102 valence electrons. The Morgan fingerprint density at radius 3 is 2.95 bits per heavy atom. The normalized spacial score (nSPS) is 10.6. The average molecular weight is 261 g/mol. The zero-order chi connectivity index (χ0) is 13.7. The summed E-state index contributed by atoms with van der Waals surface area (Å²) in [7, 11) is 3.44. The summed E-state index contributed by atoms with van der Waals surface area (Å²) >= 11 is 0.